The normalized spacial score (nSPS) is 17.2. The lowest BCUT2D eigenvalue weighted by molar-refractivity contribution is 0.0452. The van der Waals surface area contributed by atoms with E-state index >= 15 is 0 Å². The highest BCUT2D eigenvalue weighted by Crippen LogP contribution is 2.40. The average molecular weight is 336 g/mol. The van der Waals surface area contributed by atoms with Crippen molar-refractivity contribution in [3.8, 4) is 0 Å². The molecule has 2 rings (SSSR count). The molecule has 0 spiro atoms. The van der Waals surface area contributed by atoms with Crippen LogP contribution in [0.5, 0.6) is 0 Å². The maximum Gasteiger partial charge on any atom is 0.339 e. The van der Waals surface area contributed by atoms with Gasteiger partial charge in [-0.25, -0.2) is 4.79 Å². The molecule has 0 unspecified atom stereocenters. The van der Waals surface area contributed by atoms with E-state index in [9.17, 15) is 4.79 Å². The zero-order chi connectivity index (χ0) is 14.8. The minimum Gasteiger partial charge on any atom is -0.462 e. The Hall–Kier alpha value is -0.440. The third-order valence-electron chi connectivity index (χ3n) is 3.96. The second-order valence-corrected chi connectivity index (χ2v) is 6.87. The molecule has 0 radical (unpaired) electrons. The molecule has 1 fully saturated rings. The quantitative estimate of drug-likeness (QED) is 0.515. The summed E-state index contributed by atoms with van der Waals surface area (Å²) in [7, 11) is 0. The minimum atomic E-state index is -0.471. The van der Waals surface area contributed by atoms with E-state index in [4.69, 9.17) is 39.5 Å². The van der Waals surface area contributed by atoms with Crippen molar-refractivity contribution in [3.63, 3.8) is 0 Å². The van der Waals surface area contributed by atoms with Gasteiger partial charge in [0.2, 0.25) is 0 Å². The molecule has 0 saturated heterocycles. The third-order valence-corrected chi connectivity index (χ3v) is 4.98. The van der Waals surface area contributed by atoms with Crippen LogP contribution in [0.15, 0.2) is 12.1 Å². The monoisotopic (exact) mass is 334 g/mol. The highest BCUT2D eigenvalue weighted by molar-refractivity contribution is 6.45. The lowest BCUT2D eigenvalue weighted by atomic mass is 9.86. The Morgan fingerprint density at radius 1 is 1.25 bits per heavy atom. The van der Waals surface area contributed by atoms with Gasteiger partial charge in [-0.1, -0.05) is 54.6 Å². The molecule has 1 aliphatic carbocycles. The molecule has 0 atom stereocenters. The summed E-state index contributed by atoms with van der Waals surface area (Å²) in [5.74, 6) is -0.471. The Morgan fingerprint density at radius 2 is 1.90 bits per heavy atom. The molecule has 1 saturated carbocycles. The van der Waals surface area contributed by atoms with Gasteiger partial charge in [-0.3, -0.25) is 0 Å². The van der Waals surface area contributed by atoms with E-state index in [1.165, 1.54) is 37.8 Å². The van der Waals surface area contributed by atoms with E-state index in [1.807, 2.05) is 0 Å². The van der Waals surface area contributed by atoms with Crippen LogP contribution in [-0.4, -0.2) is 12.6 Å². The number of rotatable bonds is 4. The molecular weight excluding hydrogens is 319 g/mol. The SMILES string of the molecule is CC1(CCOC(=O)c2cc(Cl)cc(Cl)c2Cl)CCCC1. The highest BCUT2D eigenvalue weighted by Gasteiger charge is 2.28. The van der Waals surface area contributed by atoms with Gasteiger partial charge in [-0.2, -0.15) is 0 Å². The van der Waals surface area contributed by atoms with E-state index in [1.54, 1.807) is 0 Å². The van der Waals surface area contributed by atoms with Crippen molar-refractivity contribution >= 4 is 40.8 Å². The molecule has 20 heavy (non-hydrogen) atoms. The van der Waals surface area contributed by atoms with Crippen molar-refractivity contribution < 1.29 is 9.53 Å². The number of hydrogen-bond acceptors (Lipinski definition) is 2. The first kappa shape index (κ1) is 15.9. The van der Waals surface area contributed by atoms with Crippen molar-refractivity contribution in [2.75, 3.05) is 6.61 Å². The summed E-state index contributed by atoms with van der Waals surface area (Å²) in [6.07, 6.45) is 5.81. The standard InChI is InChI=1S/C15H17Cl3O2/c1-15(4-2-3-5-15)6-7-20-14(19)11-8-10(16)9-12(17)13(11)18/h8-9H,2-7H2,1H3. The number of halogens is 3. The summed E-state index contributed by atoms with van der Waals surface area (Å²) in [6, 6.07) is 2.98. The molecule has 2 nitrogen and oxygen atoms in total. The van der Waals surface area contributed by atoms with Crippen LogP contribution in [0.2, 0.25) is 15.1 Å². The van der Waals surface area contributed by atoms with Crippen molar-refractivity contribution in [3.05, 3.63) is 32.8 Å². The average Bonchev–Trinajstić information content (AvgIpc) is 2.80. The smallest absolute Gasteiger partial charge is 0.339 e. The Kier molecular flexibility index (Phi) is 5.22. The largest absolute Gasteiger partial charge is 0.462 e. The third kappa shape index (κ3) is 3.81. The van der Waals surface area contributed by atoms with Crippen molar-refractivity contribution in [2.45, 2.75) is 39.0 Å². The first-order valence-electron chi connectivity index (χ1n) is 6.73. The van der Waals surface area contributed by atoms with Gasteiger partial charge in [0.05, 0.1) is 22.2 Å². The van der Waals surface area contributed by atoms with Crippen LogP contribution >= 0.6 is 34.8 Å². The lowest BCUT2D eigenvalue weighted by Crippen LogP contribution is -2.16. The number of carbonyl (C=O) groups is 1. The molecule has 0 aliphatic heterocycles. The molecule has 1 aromatic carbocycles. The molecule has 0 N–H and O–H groups in total. The topological polar surface area (TPSA) is 26.3 Å². The van der Waals surface area contributed by atoms with Gasteiger partial charge >= 0.3 is 5.97 Å². The van der Waals surface area contributed by atoms with Gasteiger partial charge in [0, 0.05) is 5.02 Å². The summed E-state index contributed by atoms with van der Waals surface area (Å²) in [5.41, 5.74) is 0.525. The van der Waals surface area contributed by atoms with Gasteiger partial charge < -0.3 is 4.74 Å². The van der Waals surface area contributed by atoms with Crippen molar-refractivity contribution in [2.24, 2.45) is 5.41 Å². The summed E-state index contributed by atoms with van der Waals surface area (Å²) in [5, 5.41) is 0.816. The van der Waals surface area contributed by atoms with Gasteiger partial charge in [-0.15, -0.1) is 0 Å². The summed E-state index contributed by atoms with van der Waals surface area (Å²) < 4.78 is 5.31. The fourth-order valence-electron chi connectivity index (χ4n) is 2.65. The van der Waals surface area contributed by atoms with Gasteiger partial charge in [0.1, 0.15) is 0 Å². The van der Waals surface area contributed by atoms with Crippen LogP contribution in [0, 0.1) is 5.41 Å². The zero-order valence-electron chi connectivity index (χ0n) is 11.3. The van der Waals surface area contributed by atoms with Gasteiger partial charge in [0.25, 0.3) is 0 Å². The molecule has 5 heteroatoms. The minimum absolute atomic E-state index is 0.188. The number of benzene rings is 1. The first-order chi connectivity index (χ1) is 9.41. The van der Waals surface area contributed by atoms with Crippen LogP contribution in [0.4, 0.5) is 0 Å². The van der Waals surface area contributed by atoms with E-state index in [0.29, 0.717) is 17.0 Å². The van der Waals surface area contributed by atoms with Crippen LogP contribution in [0.3, 0.4) is 0 Å². The van der Waals surface area contributed by atoms with Crippen LogP contribution in [0.25, 0.3) is 0 Å². The molecule has 0 amide bonds. The van der Waals surface area contributed by atoms with E-state index in [0.717, 1.165) is 6.42 Å². The fourth-order valence-corrected chi connectivity index (χ4v) is 3.33. The maximum absolute atomic E-state index is 12.0. The molecular formula is C15H17Cl3O2. The fraction of sp³-hybridized carbons (Fsp3) is 0.533. The van der Waals surface area contributed by atoms with Crippen LogP contribution in [-0.2, 0) is 4.74 Å². The molecule has 0 bridgehead atoms. The second-order valence-electron chi connectivity index (χ2n) is 5.65. The summed E-state index contributed by atoms with van der Waals surface area (Å²) in [4.78, 5) is 12.0. The molecule has 0 heterocycles. The van der Waals surface area contributed by atoms with E-state index in [2.05, 4.69) is 6.92 Å². The Bertz CT molecular complexity index is 508. The predicted molar refractivity (Wildman–Crippen MR) is 82.9 cm³/mol. The van der Waals surface area contributed by atoms with E-state index in [-0.39, 0.29) is 15.6 Å². The first-order valence-corrected chi connectivity index (χ1v) is 7.86. The summed E-state index contributed by atoms with van der Waals surface area (Å²) >= 11 is 17.8. The number of carbonyl (C=O) groups excluding carboxylic acids is 1. The Morgan fingerprint density at radius 3 is 2.55 bits per heavy atom. The number of esters is 1. The van der Waals surface area contributed by atoms with Gasteiger partial charge in [-0.05, 0) is 36.8 Å². The zero-order valence-corrected chi connectivity index (χ0v) is 13.6. The Labute approximate surface area is 134 Å². The molecule has 0 aromatic heterocycles. The highest BCUT2D eigenvalue weighted by atomic mass is 35.5. The summed E-state index contributed by atoms with van der Waals surface area (Å²) in [6.45, 7) is 2.65. The molecule has 1 aromatic rings. The van der Waals surface area contributed by atoms with E-state index < -0.39 is 5.97 Å². The Balaban J connectivity index is 1.95. The van der Waals surface area contributed by atoms with Crippen LogP contribution < -0.4 is 0 Å². The predicted octanol–water partition coefficient (Wildman–Crippen LogP) is 5.77. The molecule has 1 aliphatic rings. The van der Waals surface area contributed by atoms with Gasteiger partial charge in [0.15, 0.2) is 0 Å². The van der Waals surface area contributed by atoms with Crippen LogP contribution in [0.1, 0.15) is 49.4 Å². The second kappa shape index (κ2) is 6.55. The number of hydrogen-bond donors (Lipinski definition) is 0. The number of ether oxygens (including phenoxy) is 1. The van der Waals surface area contributed by atoms with Crippen molar-refractivity contribution in [1.29, 1.82) is 0 Å². The van der Waals surface area contributed by atoms with Crippen molar-refractivity contribution in [1.82, 2.24) is 0 Å². The lowest BCUT2D eigenvalue weighted by Gasteiger charge is -2.22. The molecule has 110 valence electrons. The maximum atomic E-state index is 12.0.